The van der Waals surface area contributed by atoms with Crippen molar-refractivity contribution in [3.63, 3.8) is 0 Å². The lowest BCUT2D eigenvalue weighted by molar-refractivity contribution is 0.628. The molecule has 0 spiro atoms. The van der Waals surface area contributed by atoms with Crippen LogP contribution in [0.25, 0.3) is 28.3 Å². The fourth-order valence-corrected chi connectivity index (χ4v) is 3.55. The van der Waals surface area contributed by atoms with Gasteiger partial charge >= 0.3 is 0 Å². The molecule has 0 aliphatic heterocycles. The number of imidazole rings is 1. The van der Waals surface area contributed by atoms with Crippen LogP contribution >= 0.6 is 0 Å². The number of fused-ring (bicyclic) bond motifs is 1. The molecule has 0 aliphatic rings. The van der Waals surface area contributed by atoms with Crippen LogP contribution in [0.1, 0.15) is 11.1 Å². The monoisotopic (exact) mass is 409 g/mol. The summed E-state index contributed by atoms with van der Waals surface area (Å²) in [6.45, 7) is 2.66. The molecule has 2 aromatic carbocycles. The highest BCUT2D eigenvalue weighted by Gasteiger charge is 2.18. The molecule has 0 unspecified atom stereocenters. The molecule has 5 nitrogen and oxygen atoms in total. The van der Waals surface area contributed by atoms with Crippen LogP contribution in [0.15, 0.2) is 85.2 Å². The van der Waals surface area contributed by atoms with Gasteiger partial charge in [-0.2, -0.15) is 0 Å². The Bertz CT molecular complexity index is 1340. The Morgan fingerprint density at radius 3 is 2.55 bits per heavy atom. The van der Waals surface area contributed by atoms with Gasteiger partial charge in [-0.25, -0.2) is 19.3 Å². The van der Waals surface area contributed by atoms with Crippen molar-refractivity contribution < 1.29 is 4.39 Å². The van der Waals surface area contributed by atoms with Crippen LogP contribution in [0.2, 0.25) is 0 Å². The van der Waals surface area contributed by atoms with Crippen molar-refractivity contribution in [3.05, 3.63) is 102 Å². The van der Waals surface area contributed by atoms with E-state index in [-0.39, 0.29) is 5.82 Å². The number of benzene rings is 2. The topological polar surface area (TPSA) is 55.1 Å². The average molecular weight is 409 g/mol. The molecule has 0 atom stereocenters. The van der Waals surface area contributed by atoms with E-state index < -0.39 is 0 Å². The van der Waals surface area contributed by atoms with Crippen LogP contribution < -0.4 is 5.32 Å². The number of anilines is 1. The quantitative estimate of drug-likeness (QED) is 0.415. The number of rotatable bonds is 5. The highest BCUT2D eigenvalue weighted by atomic mass is 19.1. The molecule has 152 valence electrons. The minimum Gasteiger partial charge on any atom is -0.350 e. The molecule has 0 bridgehead atoms. The zero-order valence-corrected chi connectivity index (χ0v) is 17.0. The molecule has 31 heavy (non-hydrogen) atoms. The Kier molecular flexibility index (Phi) is 4.88. The van der Waals surface area contributed by atoms with Gasteiger partial charge in [0.1, 0.15) is 11.5 Å². The third-order valence-electron chi connectivity index (χ3n) is 5.09. The number of hydrogen-bond donors (Lipinski definition) is 1. The summed E-state index contributed by atoms with van der Waals surface area (Å²) < 4.78 is 15.5. The highest BCUT2D eigenvalue weighted by Crippen LogP contribution is 2.32. The van der Waals surface area contributed by atoms with Gasteiger partial charge in [-0.05, 0) is 60.5 Å². The van der Waals surface area contributed by atoms with Crippen molar-refractivity contribution in [2.24, 2.45) is 0 Å². The summed E-state index contributed by atoms with van der Waals surface area (Å²) in [6, 6.07) is 22.4. The van der Waals surface area contributed by atoms with Gasteiger partial charge in [-0.3, -0.25) is 4.40 Å². The van der Waals surface area contributed by atoms with Gasteiger partial charge in [0.15, 0.2) is 0 Å². The molecule has 5 aromatic rings. The normalized spacial score (nSPS) is 11.0. The maximum absolute atomic E-state index is 13.5. The van der Waals surface area contributed by atoms with Crippen LogP contribution in [0.3, 0.4) is 0 Å². The summed E-state index contributed by atoms with van der Waals surface area (Å²) in [7, 11) is 0. The molecule has 0 radical (unpaired) electrons. The molecule has 1 N–H and O–H groups in total. The number of nitrogens with one attached hydrogen (secondary N) is 1. The predicted octanol–water partition coefficient (Wildman–Crippen LogP) is 5.52. The standard InChI is InChI=1S/C25H20FN5/c1-17-12-14-31-22(15-17)30-23(19-7-9-20(26)10-8-19)24(31)21-11-13-27-25(29-21)28-16-18-5-3-2-4-6-18/h2-15H,16H2,1H3,(H,27,28,29). The lowest BCUT2D eigenvalue weighted by Gasteiger charge is -2.09. The van der Waals surface area contributed by atoms with Crippen LogP contribution in [-0.4, -0.2) is 19.4 Å². The smallest absolute Gasteiger partial charge is 0.223 e. The first-order chi connectivity index (χ1) is 15.2. The summed E-state index contributed by atoms with van der Waals surface area (Å²) in [5.41, 5.74) is 6.23. The zero-order valence-electron chi connectivity index (χ0n) is 17.0. The Hall–Kier alpha value is -4.06. The van der Waals surface area contributed by atoms with E-state index in [9.17, 15) is 4.39 Å². The molecule has 5 rings (SSSR count). The molecular weight excluding hydrogens is 389 g/mol. The second-order valence-electron chi connectivity index (χ2n) is 7.35. The Labute approximate surface area is 179 Å². The van der Waals surface area contributed by atoms with E-state index in [0.29, 0.717) is 12.5 Å². The van der Waals surface area contributed by atoms with Gasteiger partial charge in [0.05, 0.1) is 17.1 Å². The number of nitrogens with zero attached hydrogens (tertiary/aromatic N) is 4. The van der Waals surface area contributed by atoms with Crippen LogP contribution in [0.5, 0.6) is 0 Å². The van der Waals surface area contributed by atoms with Crippen LogP contribution in [-0.2, 0) is 6.54 Å². The van der Waals surface area contributed by atoms with Gasteiger partial charge in [-0.15, -0.1) is 0 Å². The maximum Gasteiger partial charge on any atom is 0.223 e. The average Bonchev–Trinajstić information content (AvgIpc) is 3.17. The first-order valence-corrected chi connectivity index (χ1v) is 10.0. The van der Waals surface area contributed by atoms with E-state index >= 15 is 0 Å². The van der Waals surface area contributed by atoms with Crippen LogP contribution in [0.4, 0.5) is 10.3 Å². The van der Waals surface area contributed by atoms with E-state index in [1.54, 1.807) is 18.3 Å². The third kappa shape index (κ3) is 3.88. The van der Waals surface area contributed by atoms with Crippen molar-refractivity contribution in [1.29, 1.82) is 0 Å². The number of halogens is 1. The van der Waals surface area contributed by atoms with Gasteiger partial charge in [-0.1, -0.05) is 30.3 Å². The van der Waals surface area contributed by atoms with Crippen molar-refractivity contribution >= 4 is 11.6 Å². The SMILES string of the molecule is Cc1ccn2c(-c3ccnc(NCc4ccccc4)n3)c(-c3ccc(F)cc3)nc2c1. The van der Waals surface area contributed by atoms with Gasteiger partial charge < -0.3 is 5.32 Å². The van der Waals surface area contributed by atoms with E-state index in [0.717, 1.165) is 39.4 Å². The first-order valence-electron chi connectivity index (χ1n) is 10.0. The molecule has 3 aromatic heterocycles. The summed E-state index contributed by atoms with van der Waals surface area (Å²) in [5.74, 6) is 0.257. The zero-order chi connectivity index (χ0) is 21.2. The molecule has 6 heteroatoms. The summed E-state index contributed by atoms with van der Waals surface area (Å²) in [6.07, 6.45) is 3.72. The van der Waals surface area contributed by atoms with Gasteiger partial charge in [0.2, 0.25) is 5.95 Å². The summed E-state index contributed by atoms with van der Waals surface area (Å²) >= 11 is 0. The number of hydrogen-bond acceptors (Lipinski definition) is 4. The molecular formula is C25H20FN5. The molecule has 0 amide bonds. The van der Waals surface area contributed by atoms with E-state index in [1.165, 1.54) is 12.1 Å². The highest BCUT2D eigenvalue weighted by molar-refractivity contribution is 5.80. The molecule has 0 aliphatic carbocycles. The fourth-order valence-electron chi connectivity index (χ4n) is 3.55. The first kappa shape index (κ1) is 18.9. The lowest BCUT2D eigenvalue weighted by atomic mass is 10.1. The van der Waals surface area contributed by atoms with E-state index in [2.05, 4.69) is 22.4 Å². The predicted molar refractivity (Wildman–Crippen MR) is 120 cm³/mol. The van der Waals surface area contributed by atoms with Crippen molar-refractivity contribution in [2.45, 2.75) is 13.5 Å². The molecule has 3 heterocycles. The van der Waals surface area contributed by atoms with Crippen LogP contribution in [0, 0.1) is 12.7 Å². The third-order valence-corrected chi connectivity index (χ3v) is 5.09. The Morgan fingerprint density at radius 1 is 0.935 bits per heavy atom. The Balaban J connectivity index is 1.59. The second kappa shape index (κ2) is 7.99. The van der Waals surface area contributed by atoms with Crippen molar-refractivity contribution in [2.75, 3.05) is 5.32 Å². The second-order valence-corrected chi connectivity index (χ2v) is 7.35. The summed E-state index contributed by atoms with van der Waals surface area (Å²) in [5, 5.41) is 3.29. The number of aryl methyl sites for hydroxylation is 1. The minimum atomic E-state index is -0.278. The van der Waals surface area contributed by atoms with Crippen molar-refractivity contribution in [3.8, 4) is 22.6 Å². The van der Waals surface area contributed by atoms with Gasteiger partial charge in [0.25, 0.3) is 0 Å². The van der Waals surface area contributed by atoms with Crippen molar-refractivity contribution in [1.82, 2.24) is 19.4 Å². The fraction of sp³-hybridized carbons (Fsp3) is 0.0800. The number of aromatic nitrogens is 4. The maximum atomic E-state index is 13.5. The van der Waals surface area contributed by atoms with Gasteiger partial charge in [0, 0.05) is 24.5 Å². The molecule has 0 saturated heterocycles. The molecule has 0 saturated carbocycles. The number of pyridine rings is 1. The molecule has 0 fully saturated rings. The Morgan fingerprint density at radius 2 is 1.74 bits per heavy atom. The minimum absolute atomic E-state index is 0.278. The summed E-state index contributed by atoms with van der Waals surface area (Å²) in [4.78, 5) is 14.0. The largest absolute Gasteiger partial charge is 0.350 e. The lowest BCUT2D eigenvalue weighted by Crippen LogP contribution is -2.04. The van der Waals surface area contributed by atoms with E-state index in [4.69, 9.17) is 9.97 Å². The van der Waals surface area contributed by atoms with E-state index in [1.807, 2.05) is 53.9 Å².